The molecule has 1 rings (SSSR count). The number of hydrogen-bond donors (Lipinski definition) is 2. The molecule has 6 nitrogen and oxygen atoms in total. The predicted molar refractivity (Wildman–Crippen MR) is 63.2 cm³/mol. The lowest BCUT2D eigenvalue weighted by Crippen LogP contribution is -3.00. The van der Waals surface area contributed by atoms with Crippen molar-refractivity contribution in [2.45, 2.75) is 12.1 Å². The van der Waals surface area contributed by atoms with E-state index in [0.29, 0.717) is 17.1 Å². The normalized spacial score (nSPS) is 12.9. The van der Waals surface area contributed by atoms with Crippen molar-refractivity contribution in [3.8, 4) is 11.5 Å². The summed E-state index contributed by atoms with van der Waals surface area (Å²) in [7, 11) is 4.24. The fourth-order valence-corrected chi connectivity index (χ4v) is 1.57. The Kier molecular flexibility index (Phi) is 7.21. The molecule has 0 unspecified atom stereocenters. The highest BCUT2D eigenvalue weighted by Gasteiger charge is 2.31. The molecule has 0 aliphatic carbocycles. The van der Waals surface area contributed by atoms with Gasteiger partial charge in [-0.2, -0.15) is 0 Å². The maximum Gasteiger partial charge on any atom is 0.367 e. The van der Waals surface area contributed by atoms with E-state index in [1.807, 2.05) is 0 Å². The van der Waals surface area contributed by atoms with E-state index in [9.17, 15) is 9.90 Å². The van der Waals surface area contributed by atoms with Crippen LogP contribution in [0.1, 0.15) is 11.7 Å². The SMILES string of the molecule is COC(=O)[C@@H]([NH3+])[C@H](O)c1cc(OC)ccc1OC.[Cl-]. The van der Waals surface area contributed by atoms with Gasteiger partial charge in [0.1, 0.15) is 17.6 Å². The first-order valence-corrected chi connectivity index (χ1v) is 5.36. The smallest absolute Gasteiger partial charge is 0.367 e. The molecular formula is C12H18ClNO5. The molecule has 0 spiro atoms. The Morgan fingerprint density at radius 2 is 1.89 bits per heavy atom. The number of aliphatic hydroxyl groups excluding tert-OH is 1. The number of esters is 1. The van der Waals surface area contributed by atoms with Gasteiger partial charge in [0.2, 0.25) is 6.04 Å². The number of methoxy groups -OCH3 is 3. The summed E-state index contributed by atoms with van der Waals surface area (Å²) in [6.45, 7) is 0. The molecule has 0 aliphatic rings. The number of benzene rings is 1. The summed E-state index contributed by atoms with van der Waals surface area (Å²) in [5, 5.41) is 10.1. The average molecular weight is 292 g/mol. The van der Waals surface area contributed by atoms with Gasteiger partial charge in [-0.25, -0.2) is 4.79 Å². The molecule has 108 valence electrons. The second kappa shape index (κ2) is 7.83. The first kappa shape index (κ1) is 17.5. The second-order valence-corrected chi connectivity index (χ2v) is 3.68. The van der Waals surface area contributed by atoms with Crippen LogP contribution in [-0.4, -0.2) is 38.4 Å². The molecular weight excluding hydrogens is 274 g/mol. The number of ether oxygens (including phenoxy) is 3. The zero-order valence-electron chi connectivity index (χ0n) is 11.1. The largest absolute Gasteiger partial charge is 1.00 e. The summed E-state index contributed by atoms with van der Waals surface area (Å²) < 4.78 is 14.8. The van der Waals surface area contributed by atoms with Crippen LogP contribution in [0.2, 0.25) is 0 Å². The van der Waals surface area contributed by atoms with E-state index in [2.05, 4.69) is 10.5 Å². The van der Waals surface area contributed by atoms with Crippen molar-refractivity contribution in [1.29, 1.82) is 0 Å². The number of rotatable bonds is 5. The Morgan fingerprint density at radius 1 is 1.26 bits per heavy atom. The Morgan fingerprint density at radius 3 is 2.37 bits per heavy atom. The highest BCUT2D eigenvalue weighted by atomic mass is 35.5. The quantitative estimate of drug-likeness (QED) is 0.550. The minimum absolute atomic E-state index is 0. The molecule has 0 aliphatic heterocycles. The van der Waals surface area contributed by atoms with Crippen molar-refractivity contribution in [1.82, 2.24) is 0 Å². The minimum Gasteiger partial charge on any atom is -1.00 e. The molecule has 19 heavy (non-hydrogen) atoms. The molecule has 0 fully saturated rings. The summed E-state index contributed by atoms with van der Waals surface area (Å²) in [6, 6.07) is 4.02. The first-order valence-electron chi connectivity index (χ1n) is 5.36. The minimum atomic E-state index is -1.12. The van der Waals surface area contributed by atoms with Gasteiger partial charge < -0.3 is 37.5 Å². The van der Waals surface area contributed by atoms with Crippen molar-refractivity contribution in [2.24, 2.45) is 0 Å². The monoisotopic (exact) mass is 291 g/mol. The topological polar surface area (TPSA) is 92.6 Å². The highest BCUT2D eigenvalue weighted by Crippen LogP contribution is 2.30. The lowest BCUT2D eigenvalue weighted by atomic mass is 10.0. The molecule has 0 heterocycles. The molecule has 0 saturated carbocycles. The van der Waals surface area contributed by atoms with Gasteiger partial charge >= 0.3 is 5.97 Å². The third kappa shape index (κ3) is 3.99. The molecule has 0 saturated heterocycles. The van der Waals surface area contributed by atoms with Crippen LogP contribution in [0, 0.1) is 0 Å². The van der Waals surface area contributed by atoms with Crippen LogP contribution in [0.3, 0.4) is 0 Å². The van der Waals surface area contributed by atoms with E-state index in [1.54, 1.807) is 18.2 Å². The Hall–Kier alpha value is -1.50. The van der Waals surface area contributed by atoms with Gasteiger partial charge in [-0.1, -0.05) is 0 Å². The Labute approximate surface area is 117 Å². The first-order chi connectivity index (χ1) is 8.54. The van der Waals surface area contributed by atoms with Crippen LogP contribution in [0.4, 0.5) is 0 Å². The van der Waals surface area contributed by atoms with E-state index < -0.39 is 18.1 Å². The maximum absolute atomic E-state index is 11.4. The predicted octanol–water partition coefficient (Wildman–Crippen LogP) is -3.48. The van der Waals surface area contributed by atoms with Crippen LogP contribution >= 0.6 is 0 Å². The molecule has 0 radical (unpaired) electrons. The number of carbonyl (C=O) groups is 1. The second-order valence-electron chi connectivity index (χ2n) is 3.68. The fourth-order valence-electron chi connectivity index (χ4n) is 1.57. The Bertz CT molecular complexity index is 427. The number of quaternary nitrogens is 1. The van der Waals surface area contributed by atoms with Crippen LogP contribution in [0.25, 0.3) is 0 Å². The molecule has 0 amide bonds. The number of carbonyl (C=O) groups excluding carboxylic acids is 1. The zero-order chi connectivity index (χ0) is 13.7. The molecule has 1 aromatic carbocycles. The zero-order valence-corrected chi connectivity index (χ0v) is 11.8. The number of halogens is 1. The van der Waals surface area contributed by atoms with Crippen LogP contribution in [0.15, 0.2) is 18.2 Å². The third-order valence-corrected chi connectivity index (χ3v) is 2.64. The fraction of sp³-hybridized carbons (Fsp3) is 0.417. The molecule has 7 heteroatoms. The van der Waals surface area contributed by atoms with Gasteiger partial charge in [-0.15, -0.1) is 0 Å². The average Bonchev–Trinajstić information content (AvgIpc) is 2.43. The number of aliphatic hydroxyl groups is 1. The van der Waals surface area contributed by atoms with Crippen molar-refractivity contribution < 1.29 is 42.3 Å². The van der Waals surface area contributed by atoms with Crippen molar-refractivity contribution >= 4 is 5.97 Å². The van der Waals surface area contributed by atoms with Crippen LogP contribution in [-0.2, 0) is 9.53 Å². The van der Waals surface area contributed by atoms with Crippen molar-refractivity contribution in [2.75, 3.05) is 21.3 Å². The summed E-state index contributed by atoms with van der Waals surface area (Å²) in [5.41, 5.74) is 4.03. The van der Waals surface area contributed by atoms with Gasteiger partial charge in [0.05, 0.1) is 21.3 Å². The summed E-state index contributed by atoms with van der Waals surface area (Å²) in [5.74, 6) is 0.426. The summed E-state index contributed by atoms with van der Waals surface area (Å²) in [4.78, 5) is 11.4. The van der Waals surface area contributed by atoms with E-state index in [0.717, 1.165) is 0 Å². The van der Waals surface area contributed by atoms with E-state index in [-0.39, 0.29) is 12.4 Å². The highest BCUT2D eigenvalue weighted by molar-refractivity contribution is 5.75. The van der Waals surface area contributed by atoms with Gasteiger partial charge in [-0.05, 0) is 18.2 Å². The van der Waals surface area contributed by atoms with Crippen LogP contribution < -0.4 is 27.6 Å². The van der Waals surface area contributed by atoms with E-state index in [4.69, 9.17) is 9.47 Å². The standard InChI is InChI=1S/C12H17NO5.ClH/c1-16-7-4-5-9(17-2)8(6-7)11(14)10(13)12(15)18-3;/h4-6,10-11,14H,13H2,1-3H3;1H/t10-,11+;/m0./s1. The molecule has 2 atom stereocenters. The van der Waals surface area contributed by atoms with Crippen molar-refractivity contribution in [3.63, 3.8) is 0 Å². The molecule has 1 aromatic rings. The number of hydrogen-bond acceptors (Lipinski definition) is 5. The summed E-state index contributed by atoms with van der Waals surface area (Å²) >= 11 is 0. The van der Waals surface area contributed by atoms with E-state index in [1.165, 1.54) is 21.3 Å². The van der Waals surface area contributed by atoms with Crippen molar-refractivity contribution in [3.05, 3.63) is 23.8 Å². The lowest BCUT2D eigenvalue weighted by molar-refractivity contribution is -0.426. The maximum atomic E-state index is 11.4. The summed E-state index contributed by atoms with van der Waals surface area (Å²) in [6.07, 6.45) is -1.12. The molecule has 4 N–H and O–H groups in total. The third-order valence-electron chi connectivity index (χ3n) is 2.64. The molecule has 0 bridgehead atoms. The molecule has 0 aromatic heterocycles. The lowest BCUT2D eigenvalue weighted by Gasteiger charge is -2.17. The van der Waals surface area contributed by atoms with Gasteiger partial charge in [-0.3, -0.25) is 0 Å². The van der Waals surface area contributed by atoms with E-state index >= 15 is 0 Å². The van der Waals surface area contributed by atoms with Crippen LogP contribution in [0.5, 0.6) is 11.5 Å². The van der Waals surface area contributed by atoms with Gasteiger partial charge in [0, 0.05) is 5.56 Å². The van der Waals surface area contributed by atoms with Gasteiger partial charge in [0.15, 0.2) is 0 Å². The van der Waals surface area contributed by atoms with Gasteiger partial charge in [0.25, 0.3) is 0 Å². The Balaban J connectivity index is 0.00000324.